The van der Waals surface area contributed by atoms with E-state index in [0.29, 0.717) is 6.04 Å². The number of aromatic nitrogens is 4. The molecule has 0 saturated heterocycles. The van der Waals surface area contributed by atoms with Crippen LogP contribution >= 0.6 is 0 Å². The van der Waals surface area contributed by atoms with Crippen LogP contribution in [0.15, 0.2) is 0 Å². The first kappa shape index (κ1) is 10.2. The second-order valence-electron chi connectivity index (χ2n) is 3.38. The average Bonchev–Trinajstić information content (AvgIpc) is 2.61. The van der Waals surface area contributed by atoms with Crippen LogP contribution in [0, 0.1) is 0 Å². The molecular formula is C9H18N4. The zero-order valence-electron chi connectivity index (χ0n) is 8.69. The summed E-state index contributed by atoms with van der Waals surface area (Å²) in [6.07, 6.45) is 4.54. The molecule has 0 aromatic carbocycles. The van der Waals surface area contributed by atoms with Gasteiger partial charge < -0.3 is 0 Å². The van der Waals surface area contributed by atoms with Gasteiger partial charge in [0, 0.05) is 6.42 Å². The molecule has 0 fully saturated rings. The van der Waals surface area contributed by atoms with Crippen molar-refractivity contribution in [1.29, 1.82) is 0 Å². The van der Waals surface area contributed by atoms with Crippen LogP contribution in [0.3, 0.4) is 0 Å². The zero-order chi connectivity index (χ0) is 9.68. The SMILES string of the molecule is CCCCC(C)n1nnnc1CC. The molecule has 4 heteroatoms. The molecule has 1 aromatic rings. The molecule has 0 aliphatic heterocycles. The van der Waals surface area contributed by atoms with Gasteiger partial charge in [-0.05, 0) is 23.8 Å². The summed E-state index contributed by atoms with van der Waals surface area (Å²) in [5, 5.41) is 11.6. The van der Waals surface area contributed by atoms with Crippen LogP contribution < -0.4 is 0 Å². The van der Waals surface area contributed by atoms with Crippen molar-refractivity contribution in [2.75, 3.05) is 0 Å². The molecule has 1 aromatic heterocycles. The van der Waals surface area contributed by atoms with Crippen molar-refractivity contribution >= 4 is 0 Å². The zero-order valence-corrected chi connectivity index (χ0v) is 8.69. The first-order valence-electron chi connectivity index (χ1n) is 5.06. The van der Waals surface area contributed by atoms with E-state index in [4.69, 9.17) is 0 Å². The first-order chi connectivity index (χ1) is 6.29. The quantitative estimate of drug-likeness (QED) is 0.699. The van der Waals surface area contributed by atoms with Crippen molar-refractivity contribution in [1.82, 2.24) is 20.2 Å². The molecule has 1 rings (SSSR count). The minimum absolute atomic E-state index is 0.435. The molecule has 74 valence electrons. The molecule has 1 atom stereocenters. The monoisotopic (exact) mass is 182 g/mol. The average molecular weight is 182 g/mol. The van der Waals surface area contributed by atoms with Crippen molar-refractivity contribution in [3.8, 4) is 0 Å². The minimum Gasteiger partial charge on any atom is -0.227 e. The van der Waals surface area contributed by atoms with Crippen LogP contribution in [0.5, 0.6) is 0 Å². The van der Waals surface area contributed by atoms with E-state index in [1.54, 1.807) is 0 Å². The third-order valence-corrected chi connectivity index (χ3v) is 2.27. The molecule has 0 spiro atoms. The van der Waals surface area contributed by atoms with Gasteiger partial charge in [0.05, 0.1) is 6.04 Å². The topological polar surface area (TPSA) is 43.6 Å². The number of hydrogen-bond acceptors (Lipinski definition) is 3. The van der Waals surface area contributed by atoms with Crippen LogP contribution in [0.1, 0.15) is 51.9 Å². The molecule has 13 heavy (non-hydrogen) atoms. The minimum atomic E-state index is 0.435. The maximum Gasteiger partial charge on any atom is 0.151 e. The van der Waals surface area contributed by atoms with E-state index in [1.165, 1.54) is 12.8 Å². The Morgan fingerprint density at radius 1 is 1.38 bits per heavy atom. The van der Waals surface area contributed by atoms with Crippen molar-refractivity contribution in [3.05, 3.63) is 5.82 Å². The summed E-state index contributed by atoms with van der Waals surface area (Å²) in [4.78, 5) is 0. The lowest BCUT2D eigenvalue weighted by Crippen LogP contribution is -2.10. The third kappa shape index (κ3) is 2.50. The molecule has 1 heterocycles. The predicted molar refractivity (Wildman–Crippen MR) is 51.4 cm³/mol. The molecule has 0 amide bonds. The second-order valence-corrected chi connectivity index (χ2v) is 3.38. The van der Waals surface area contributed by atoms with Gasteiger partial charge in [-0.15, -0.1) is 5.10 Å². The standard InChI is InChI=1S/C9H18N4/c1-4-6-7-8(3)13-9(5-2)10-11-12-13/h8H,4-7H2,1-3H3. The van der Waals surface area contributed by atoms with Gasteiger partial charge in [0.1, 0.15) is 0 Å². The molecule has 0 N–H and O–H groups in total. The van der Waals surface area contributed by atoms with Gasteiger partial charge in [-0.2, -0.15) is 0 Å². The molecule has 0 bridgehead atoms. The normalized spacial score (nSPS) is 13.2. The summed E-state index contributed by atoms with van der Waals surface area (Å²) in [6, 6.07) is 0.435. The smallest absolute Gasteiger partial charge is 0.151 e. The Balaban J connectivity index is 2.59. The lowest BCUT2D eigenvalue weighted by atomic mass is 10.1. The highest BCUT2D eigenvalue weighted by molar-refractivity contribution is 4.81. The van der Waals surface area contributed by atoms with Crippen LogP contribution in [-0.2, 0) is 6.42 Å². The van der Waals surface area contributed by atoms with Crippen LogP contribution in [-0.4, -0.2) is 20.2 Å². The maximum atomic E-state index is 4.00. The number of nitrogens with zero attached hydrogens (tertiary/aromatic N) is 4. The molecule has 0 radical (unpaired) electrons. The van der Waals surface area contributed by atoms with Gasteiger partial charge in [-0.1, -0.05) is 26.7 Å². The fourth-order valence-corrected chi connectivity index (χ4v) is 1.41. The largest absolute Gasteiger partial charge is 0.227 e. The summed E-state index contributed by atoms with van der Waals surface area (Å²) < 4.78 is 1.94. The summed E-state index contributed by atoms with van der Waals surface area (Å²) in [5.41, 5.74) is 0. The molecule has 4 nitrogen and oxygen atoms in total. The van der Waals surface area contributed by atoms with E-state index in [-0.39, 0.29) is 0 Å². The second kappa shape index (κ2) is 4.94. The maximum absolute atomic E-state index is 4.00. The Kier molecular flexibility index (Phi) is 3.86. The Morgan fingerprint density at radius 2 is 2.15 bits per heavy atom. The highest BCUT2D eigenvalue weighted by atomic mass is 15.5. The Hall–Kier alpha value is -0.930. The molecule has 0 aliphatic rings. The summed E-state index contributed by atoms with van der Waals surface area (Å²) in [6.45, 7) is 6.45. The molecule has 0 saturated carbocycles. The van der Waals surface area contributed by atoms with E-state index in [0.717, 1.165) is 18.7 Å². The van der Waals surface area contributed by atoms with E-state index >= 15 is 0 Å². The number of rotatable bonds is 5. The number of unbranched alkanes of at least 4 members (excludes halogenated alkanes) is 1. The van der Waals surface area contributed by atoms with Gasteiger partial charge >= 0.3 is 0 Å². The summed E-state index contributed by atoms with van der Waals surface area (Å²) >= 11 is 0. The molecular weight excluding hydrogens is 164 g/mol. The Bertz CT molecular complexity index is 244. The van der Waals surface area contributed by atoms with Crippen LogP contribution in [0.25, 0.3) is 0 Å². The number of hydrogen-bond donors (Lipinski definition) is 0. The van der Waals surface area contributed by atoms with E-state index < -0.39 is 0 Å². The van der Waals surface area contributed by atoms with Gasteiger partial charge in [-0.25, -0.2) is 4.68 Å². The number of aryl methyl sites for hydroxylation is 1. The van der Waals surface area contributed by atoms with Crippen LogP contribution in [0.2, 0.25) is 0 Å². The third-order valence-electron chi connectivity index (χ3n) is 2.27. The molecule has 1 unspecified atom stereocenters. The lowest BCUT2D eigenvalue weighted by molar-refractivity contribution is 0.421. The van der Waals surface area contributed by atoms with Gasteiger partial charge in [0.15, 0.2) is 5.82 Å². The van der Waals surface area contributed by atoms with Gasteiger partial charge in [-0.3, -0.25) is 0 Å². The molecule has 0 aliphatic carbocycles. The van der Waals surface area contributed by atoms with Crippen molar-refractivity contribution in [2.45, 2.75) is 52.5 Å². The van der Waals surface area contributed by atoms with E-state index in [9.17, 15) is 0 Å². The van der Waals surface area contributed by atoms with Crippen molar-refractivity contribution in [2.24, 2.45) is 0 Å². The van der Waals surface area contributed by atoms with Gasteiger partial charge in [0.25, 0.3) is 0 Å². The van der Waals surface area contributed by atoms with E-state index in [1.807, 2.05) is 4.68 Å². The first-order valence-corrected chi connectivity index (χ1v) is 5.06. The number of tetrazole rings is 1. The predicted octanol–water partition coefficient (Wildman–Crippen LogP) is 1.99. The Morgan fingerprint density at radius 3 is 2.77 bits per heavy atom. The van der Waals surface area contributed by atoms with Crippen molar-refractivity contribution in [3.63, 3.8) is 0 Å². The summed E-state index contributed by atoms with van der Waals surface area (Å²) in [5.74, 6) is 0.989. The van der Waals surface area contributed by atoms with E-state index in [2.05, 4.69) is 36.3 Å². The van der Waals surface area contributed by atoms with Crippen molar-refractivity contribution < 1.29 is 0 Å². The Labute approximate surface area is 79.3 Å². The fourth-order valence-electron chi connectivity index (χ4n) is 1.41. The van der Waals surface area contributed by atoms with Crippen LogP contribution in [0.4, 0.5) is 0 Å². The summed E-state index contributed by atoms with van der Waals surface area (Å²) in [7, 11) is 0. The highest BCUT2D eigenvalue weighted by Crippen LogP contribution is 2.13. The van der Waals surface area contributed by atoms with Gasteiger partial charge in [0.2, 0.25) is 0 Å². The highest BCUT2D eigenvalue weighted by Gasteiger charge is 2.10. The lowest BCUT2D eigenvalue weighted by Gasteiger charge is -2.11. The fraction of sp³-hybridized carbons (Fsp3) is 0.889.